The Labute approximate surface area is 151 Å². The van der Waals surface area contributed by atoms with Crippen LogP contribution in [-0.2, 0) is 19.3 Å². The Morgan fingerprint density at radius 3 is 2.20 bits per heavy atom. The van der Waals surface area contributed by atoms with Crippen molar-refractivity contribution in [3.63, 3.8) is 0 Å². The second-order valence-corrected chi connectivity index (χ2v) is 6.40. The Morgan fingerprint density at radius 2 is 1.64 bits per heavy atom. The van der Waals surface area contributed by atoms with Gasteiger partial charge in [0.25, 0.3) is 0 Å². The average molecular weight is 342 g/mol. The zero-order valence-corrected chi connectivity index (χ0v) is 16.3. The minimum Gasteiger partial charge on any atom is -0.497 e. The first-order valence-electron chi connectivity index (χ1n) is 9.18. The van der Waals surface area contributed by atoms with E-state index >= 15 is 0 Å². The van der Waals surface area contributed by atoms with Gasteiger partial charge in [-0.05, 0) is 37.3 Å². The number of hydrogen-bond acceptors (Lipinski definition) is 4. The van der Waals surface area contributed by atoms with E-state index in [1.54, 1.807) is 14.2 Å². The standard InChI is InChI=1S/C21H30N2O2/c1-7-14(4)12-19-17(8-2)23-21(18(9-3)22-19)16-11-10-15(24-5)13-20(16)25-6/h10-11,13-14H,7-9,12H2,1-6H3. The molecule has 0 spiro atoms. The third-order valence-electron chi connectivity index (χ3n) is 4.70. The van der Waals surface area contributed by atoms with Crippen molar-refractivity contribution in [1.82, 2.24) is 9.97 Å². The maximum absolute atomic E-state index is 5.58. The number of aryl methyl sites for hydroxylation is 2. The predicted molar refractivity (Wildman–Crippen MR) is 102 cm³/mol. The van der Waals surface area contributed by atoms with Gasteiger partial charge in [-0.2, -0.15) is 0 Å². The van der Waals surface area contributed by atoms with Crippen molar-refractivity contribution in [2.75, 3.05) is 14.2 Å². The Hall–Kier alpha value is -2.10. The summed E-state index contributed by atoms with van der Waals surface area (Å²) < 4.78 is 10.9. The Kier molecular flexibility index (Phi) is 6.80. The summed E-state index contributed by atoms with van der Waals surface area (Å²) in [7, 11) is 3.33. The molecule has 1 aromatic heterocycles. The molecule has 4 nitrogen and oxygen atoms in total. The second-order valence-electron chi connectivity index (χ2n) is 6.40. The lowest BCUT2D eigenvalue weighted by atomic mass is 9.99. The maximum atomic E-state index is 5.58. The van der Waals surface area contributed by atoms with Crippen LogP contribution in [0.25, 0.3) is 11.3 Å². The van der Waals surface area contributed by atoms with Crippen LogP contribution in [0.15, 0.2) is 18.2 Å². The van der Waals surface area contributed by atoms with Gasteiger partial charge in [-0.1, -0.05) is 34.1 Å². The first-order chi connectivity index (χ1) is 12.1. The van der Waals surface area contributed by atoms with E-state index in [1.807, 2.05) is 18.2 Å². The van der Waals surface area contributed by atoms with E-state index in [1.165, 1.54) is 0 Å². The fraction of sp³-hybridized carbons (Fsp3) is 0.524. The summed E-state index contributed by atoms with van der Waals surface area (Å²) in [5.74, 6) is 2.15. The van der Waals surface area contributed by atoms with E-state index in [-0.39, 0.29) is 0 Å². The van der Waals surface area contributed by atoms with Crippen LogP contribution in [0.3, 0.4) is 0 Å². The molecular weight excluding hydrogens is 312 g/mol. The third kappa shape index (κ3) is 4.30. The zero-order chi connectivity index (χ0) is 18.4. The summed E-state index contributed by atoms with van der Waals surface area (Å²) >= 11 is 0. The average Bonchev–Trinajstić information content (AvgIpc) is 2.66. The third-order valence-corrected chi connectivity index (χ3v) is 4.70. The molecule has 1 unspecified atom stereocenters. The SMILES string of the molecule is CCc1nc(-c2ccc(OC)cc2OC)c(CC)nc1CC(C)CC. The van der Waals surface area contributed by atoms with Crippen molar-refractivity contribution < 1.29 is 9.47 Å². The predicted octanol–water partition coefficient (Wildman–Crippen LogP) is 4.87. The molecule has 25 heavy (non-hydrogen) atoms. The molecule has 2 rings (SSSR count). The fourth-order valence-electron chi connectivity index (χ4n) is 2.92. The lowest BCUT2D eigenvalue weighted by Crippen LogP contribution is -2.10. The van der Waals surface area contributed by atoms with E-state index in [4.69, 9.17) is 19.4 Å². The molecule has 1 atom stereocenters. The molecule has 1 aromatic carbocycles. The first kappa shape index (κ1) is 19.2. The number of benzene rings is 1. The topological polar surface area (TPSA) is 44.2 Å². The molecule has 2 aromatic rings. The van der Waals surface area contributed by atoms with E-state index < -0.39 is 0 Å². The lowest BCUT2D eigenvalue weighted by molar-refractivity contribution is 0.395. The van der Waals surface area contributed by atoms with Crippen molar-refractivity contribution in [3.05, 3.63) is 35.3 Å². The van der Waals surface area contributed by atoms with Gasteiger partial charge in [-0.15, -0.1) is 0 Å². The molecule has 0 bridgehead atoms. The first-order valence-corrected chi connectivity index (χ1v) is 9.18. The van der Waals surface area contributed by atoms with Crippen molar-refractivity contribution in [1.29, 1.82) is 0 Å². The van der Waals surface area contributed by atoms with Gasteiger partial charge in [0.15, 0.2) is 0 Å². The quantitative estimate of drug-likeness (QED) is 0.686. The number of methoxy groups -OCH3 is 2. The van der Waals surface area contributed by atoms with E-state index in [0.717, 1.165) is 65.5 Å². The van der Waals surface area contributed by atoms with Gasteiger partial charge in [0.2, 0.25) is 0 Å². The zero-order valence-electron chi connectivity index (χ0n) is 16.3. The van der Waals surface area contributed by atoms with Crippen LogP contribution >= 0.6 is 0 Å². The number of rotatable bonds is 8. The number of aromatic nitrogens is 2. The molecule has 4 heteroatoms. The summed E-state index contributed by atoms with van der Waals surface area (Å²) in [4.78, 5) is 10.00. The minimum atomic E-state index is 0.616. The van der Waals surface area contributed by atoms with Gasteiger partial charge in [-0.3, -0.25) is 4.98 Å². The number of hydrogen-bond donors (Lipinski definition) is 0. The molecule has 0 aliphatic heterocycles. The highest BCUT2D eigenvalue weighted by Gasteiger charge is 2.18. The molecule has 0 saturated heterocycles. The molecule has 0 saturated carbocycles. The van der Waals surface area contributed by atoms with Crippen LogP contribution in [0.2, 0.25) is 0 Å². The van der Waals surface area contributed by atoms with Gasteiger partial charge in [0.1, 0.15) is 11.5 Å². The van der Waals surface area contributed by atoms with Crippen LogP contribution in [0.4, 0.5) is 0 Å². The normalized spacial score (nSPS) is 12.1. The van der Waals surface area contributed by atoms with Crippen molar-refractivity contribution in [3.8, 4) is 22.8 Å². The van der Waals surface area contributed by atoms with E-state index in [0.29, 0.717) is 5.92 Å². The summed E-state index contributed by atoms with van der Waals surface area (Å²) in [5, 5.41) is 0. The van der Waals surface area contributed by atoms with Gasteiger partial charge in [0, 0.05) is 11.6 Å². The molecular formula is C21H30N2O2. The van der Waals surface area contributed by atoms with Crippen LogP contribution in [-0.4, -0.2) is 24.2 Å². The molecule has 0 radical (unpaired) electrons. The maximum Gasteiger partial charge on any atom is 0.132 e. The monoisotopic (exact) mass is 342 g/mol. The summed E-state index contributed by atoms with van der Waals surface area (Å²) in [6.45, 7) is 8.77. The van der Waals surface area contributed by atoms with Crippen molar-refractivity contribution >= 4 is 0 Å². The number of nitrogens with zero attached hydrogens (tertiary/aromatic N) is 2. The van der Waals surface area contributed by atoms with E-state index in [2.05, 4.69) is 27.7 Å². The van der Waals surface area contributed by atoms with Crippen LogP contribution < -0.4 is 9.47 Å². The molecule has 136 valence electrons. The van der Waals surface area contributed by atoms with Gasteiger partial charge in [-0.25, -0.2) is 4.98 Å². The van der Waals surface area contributed by atoms with Crippen LogP contribution in [0, 0.1) is 5.92 Å². The largest absolute Gasteiger partial charge is 0.497 e. The Balaban J connectivity index is 2.58. The molecule has 0 amide bonds. The lowest BCUT2D eigenvalue weighted by Gasteiger charge is -2.17. The van der Waals surface area contributed by atoms with Crippen molar-refractivity contribution in [2.45, 2.75) is 53.4 Å². The Morgan fingerprint density at radius 1 is 0.920 bits per heavy atom. The Bertz CT molecular complexity index is 713. The second kappa shape index (κ2) is 8.84. The molecule has 0 N–H and O–H groups in total. The molecule has 0 fully saturated rings. The smallest absolute Gasteiger partial charge is 0.132 e. The van der Waals surface area contributed by atoms with Gasteiger partial charge >= 0.3 is 0 Å². The highest BCUT2D eigenvalue weighted by atomic mass is 16.5. The summed E-state index contributed by atoms with van der Waals surface area (Å²) in [6.07, 6.45) is 3.86. The fourth-order valence-corrected chi connectivity index (χ4v) is 2.92. The highest BCUT2D eigenvalue weighted by Crippen LogP contribution is 2.34. The van der Waals surface area contributed by atoms with E-state index in [9.17, 15) is 0 Å². The number of ether oxygens (including phenoxy) is 2. The molecule has 0 aliphatic rings. The summed E-state index contributed by atoms with van der Waals surface area (Å²) in [5.41, 5.74) is 5.15. The van der Waals surface area contributed by atoms with Crippen molar-refractivity contribution in [2.24, 2.45) is 5.92 Å². The minimum absolute atomic E-state index is 0.616. The van der Waals surface area contributed by atoms with Gasteiger partial charge < -0.3 is 9.47 Å². The highest BCUT2D eigenvalue weighted by molar-refractivity contribution is 5.70. The molecule has 0 aliphatic carbocycles. The molecule has 1 heterocycles. The summed E-state index contributed by atoms with van der Waals surface area (Å²) in [6, 6.07) is 5.85. The van der Waals surface area contributed by atoms with Crippen LogP contribution in [0.5, 0.6) is 11.5 Å². The van der Waals surface area contributed by atoms with Crippen LogP contribution in [0.1, 0.15) is 51.2 Å². The van der Waals surface area contributed by atoms with Gasteiger partial charge in [0.05, 0.1) is 37.0 Å².